The predicted octanol–water partition coefficient (Wildman–Crippen LogP) is 1.40. The standard InChI is InChI=1S/C12H14BrN3O2S/c1-19(17,18)16-6-4-15(5-7-16)12-8-11(13)3-2-10(12)9-14/h2-3,8H,4-7H2,1H3. The number of nitriles is 1. The Morgan fingerprint density at radius 3 is 2.42 bits per heavy atom. The van der Waals surface area contributed by atoms with E-state index in [9.17, 15) is 8.42 Å². The molecule has 0 aliphatic carbocycles. The van der Waals surface area contributed by atoms with Crippen LogP contribution >= 0.6 is 15.9 Å². The van der Waals surface area contributed by atoms with Gasteiger partial charge < -0.3 is 4.90 Å². The molecule has 0 bridgehead atoms. The fraction of sp³-hybridized carbons (Fsp3) is 0.417. The van der Waals surface area contributed by atoms with Gasteiger partial charge in [-0.05, 0) is 18.2 Å². The van der Waals surface area contributed by atoms with E-state index >= 15 is 0 Å². The Kier molecular flexibility index (Phi) is 4.13. The van der Waals surface area contributed by atoms with E-state index in [1.54, 1.807) is 6.07 Å². The second-order valence-electron chi connectivity index (χ2n) is 4.42. The highest BCUT2D eigenvalue weighted by atomic mass is 79.9. The molecule has 0 unspecified atom stereocenters. The van der Waals surface area contributed by atoms with Gasteiger partial charge >= 0.3 is 0 Å². The number of anilines is 1. The summed E-state index contributed by atoms with van der Waals surface area (Å²) in [6, 6.07) is 7.66. The molecular formula is C12H14BrN3O2S. The Balaban J connectivity index is 2.19. The number of halogens is 1. The molecule has 1 aliphatic rings. The van der Waals surface area contributed by atoms with Crippen LogP contribution in [0.2, 0.25) is 0 Å². The fourth-order valence-electron chi connectivity index (χ4n) is 2.12. The number of hydrogen-bond donors (Lipinski definition) is 0. The van der Waals surface area contributed by atoms with Crippen molar-refractivity contribution in [3.8, 4) is 6.07 Å². The van der Waals surface area contributed by atoms with Gasteiger partial charge in [-0.3, -0.25) is 0 Å². The van der Waals surface area contributed by atoms with Gasteiger partial charge in [0.2, 0.25) is 10.0 Å². The molecule has 0 atom stereocenters. The first-order valence-electron chi connectivity index (χ1n) is 5.81. The van der Waals surface area contributed by atoms with Crippen LogP contribution in [0.4, 0.5) is 5.69 Å². The quantitative estimate of drug-likeness (QED) is 0.814. The van der Waals surface area contributed by atoms with Crippen LogP contribution in [-0.2, 0) is 10.0 Å². The van der Waals surface area contributed by atoms with Crippen LogP contribution in [0, 0.1) is 11.3 Å². The topological polar surface area (TPSA) is 64.4 Å². The van der Waals surface area contributed by atoms with Crippen molar-refractivity contribution in [1.82, 2.24) is 4.31 Å². The van der Waals surface area contributed by atoms with E-state index in [1.165, 1.54) is 10.6 Å². The molecule has 0 N–H and O–H groups in total. The van der Waals surface area contributed by atoms with Gasteiger partial charge in [0, 0.05) is 30.7 Å². The number of nitrogens with zero attached hydrogens (tertiary/aromatic N) is 3. The summed E-state index contributed by atoms with van der Waals surface area (Å²) >= 11 is 3.39. The zero-order valence-electron chi connectivity index (χ0n) is 10.5. The van der Waals surface area contributed by atoms with Crippen molar-refractivity contribution in [1.29, 1.82) is 5.26 Å². The molecule has 0 saturated carbocycles. The number of benzene rings is 1. The van der Waals surface area contributed by atoms with Crippen molar-refractivity contribution in [3.63, 3.8) is 0 Å². The SMILES string of the molecule is CS(=O)(=O)N1CCN(c2cc(Br)ccc2C#N)CC1. The van der Waals surface area contributed by atoms with Crippen LogP contribution in [0.5, 0.6) is 0 Å². The van der Waals surface area contributed by atoms with E-state index in [4.69, 9.17) is 5.26 Å². The van der Waals surface area contributed by atoms with E-state index in [2.05, 4.69) is 22.0 Å². The predicted molar refractivity (Wildman–Crippen MR) is 77.5 cm³/mol. The molecule has 0 spiro atoms. The molecule has 1 saturated heterocycles. The molecule has 102 valence electrons. The molecule has 0 radical (unpaired) electrons. The summed E-state index contributed by atoms with van der Waals surface area (Å²) in [6.07, 6.45) is 1.22. The maximum atomic E-state index is 11.5. The highest BCUT2D eigenvalue weighted by molar-refractivity contribution is 9.10. The Morgan fingerprint density at radius 1 is 1.26 bits per heavy atom. The molecule has 19 heavy (non-hydrogen) atoms. The monoisotopic (exact) mass is 343 g/mol. The van der Waals surface area contributed by atoms with Gasteiger partial charge in [-0.1, -0.05) is 15.9 Å². The summed E-state index contributed by atoms with van der Waals surface area (Å²) in [4.78, 5) is 2.05. The van der Waals surface area contributed by atoms with Crippen molar-refractivity contribution in [2.24, 2.45) is 0 Å². The van der Waals surface area contributed by atoms with Gasteiger partial charge in [0.1, 0.15) is 6.07 Å². The summed E-state index contributed by atoms with van der Waals surface area (Å²) in [5.41, 5.74) is 1.46. The largest absolute Gasteiger partial charge is 0.368 e. The minimum absolute atomic E-state index is 0.455. The third kappa shape index (κ3) is 3.26. The molecule has 2 rings (SSSR count). The highest BCUT2D eigenvalue weighted by Gasteiger charge is 2.24. The number of piperazine rings is 1. The molecule has 0 amide bonds. The summed E-state index contributed by atoms with van der Waals surface area (Å²) in [7, 11) is -3.12. The van der Waals surface area contributed by atoms with Crippen molar-refractivity contribution < 1.29 is 8.42 Å². The molecule has 1 aromatic rings. The molecule has 7 heteroatoms. The molecule has 0 aromatic heterocycles. The minimum Gasteiger partial charge on any atom is -0.368 e. The highest BCUT2D eigenvalue weighted by Crippen LogP contribution is 2.26. The van der Waals surface area contributed by atoms with Crippen LogP contribution in [0.25, 0.3) is 0 Å². The third-order valence-corrected chi connectivity index (χ3v) is 4.93. The van der Waals surface area contributed by atoms with Crippen molar-refractivity contribution >= 4 is 31.6 Å². The van der Waals surface area contributed by atoms with Gasteiger partial charge in [-0.15, -0.1) is 0 Å². The summed E-state index contributed by atoms with van der Waals surface area (Å²) in [5.74, 6) is 0. The second-order valence-corrected chi connectivity index (χ2v) is 7.32. The fourth-order valence-corrected chi connectivity index (χ4v) is 3.30. The first kappa shape index (κ1) is 14.3. The van der Waals surface area contributed by atoms with Gasteiger partial charge in [0.25, 0.3) is 0 Å². The number of sulfonamides is 1. The Morgan fingerprint density at radius 2 is 1.89 bits per heavy atom. The maximum Gasteiger partial charge on any atom is 0.211 e. The maximum absolute atomic E-state index is 11.5. The minimum atomic E-state index is -3.12. The van der Waals surface area contributed by atoms with Crippen molar-refractivity contribution in [2.45, 2.75) is 0 Å². The van der Waals surface area contributed by atoms with E-state index in [1.807, 2.05) is 17.0 Å². The average molecular weight is 344 g/mol. The lowest BCUT2D eigenvalue weighted by Crippen LogP contribution is -2.48. The zero-order valence-corrected chi connectivity index (χ0v) is 12.9. The third-order valence-electron chi connectivity index (χ3n) is 3.13. The Bertz CT molecular complexity index is 616. The zero-order chi connectivity index (χ0) is 14.0. The van der Waals surface area contributed by atoms with Crippen LogP contribution in [-0.4, -0.2) is 45.2 Å². The van der Waals surface area contributed by atoms with E-state index in [-0.39, 0.29) is 0 Å². The lowest BCUT2D eigenvalue weighted by atomic mass is 10.1. The van der Waals surface area contributed by atoms with Gasteiger partial charge in [-0.2, -0.15) is 9.57 Å². The van der Waals surface area contributed by atoms with Gasteiger partial charge in [0.15, 0.2) is 0 Å². The summed E-state index contributed by atoms with van der Waals surface area (Å²) in [6.45, 7) is 2.10. The number of hydrogen-bond acceptors (Lipinski definition) is 4. The van der Waals surface area contributed by atoms with Gasteiger partial charge in [-0.25, -0.2) is 8.42 Å². The van der Waals surface area contributed by atoms with Crippen molar-refractivity contribution in [2.75, 3.05) is 37.3 Å². The van der Waals surface area contributed by atoms with Crippen LogP contribution in [0.1, 0.15) is 5.56 Å². The Labute approximate surface area is 121 Å². The smallest absolute Gasteiger partial charge is 0.211 e. The average Bonchev–Trinajstić information content (AvgIpc) is 2.38. The second kappa shape index (κ2) is 5.49. The first-order valence-corrected chi connectivity index (χ1v) is 8.45. The van der Waals surface area contributed by atoms with Crippen molar-refractivity contribution in [3.05, 3.63) is 28.2 Å². The molecular weight excluding hydrogens is 330 g/mol. The lowest BCUT2D eigenvalue weighted by Gasteiger charge is -2.35. The molecule has 1 aromatic carbocycles. The first-order chi connectivity index (χ1) is 8.91. The molecule has 5 nitrogen and oxygen atoms in total. The number of rotatable bonds is 2. The van der Waals surface area contributed by atoms with Crippen LogP contribution in [0.3, 0.4) is 0 Å². The molecule has 1 fully saturated rings. The Hall–Kier alpha value is -1.10. The van der Waals surface area contributed by atoms with E-state index < -0.39 is 10.0 Å². The van der Waals surface area contributed by atoms with Gasteiger partial charge in [0.05, 0.1) is 17.5 Å². The van der Waals surface area contributed by atoms with E-state index in [0.29, 0.717) is 31.7 Å². The normalized spacial score (nSPS) is 17.2. The lowest BCUT2D eigenvalue weighted by molar-refractivity contribution is 0.388. The molecule has 1 heterocycles. The summed E-state index contributed by atoms with van der Waals surface area (Å²) in [5, 5.41) is 9.12. The van der Waals surface area contributed by atoms with Crippen LogP contribution in [0.15, 0.2) is 22.7 Å². The van der Waals surface area contributed by atoms with E-state index in [0.717, 1.165) is 10.2 Å². The summed E-state index contributed by atoms with van der Waals surface area (Å²) < 4.78 is 25.3. The molecule has 1 aliphatic heterocycles. The van der Waals surface area contributed by atoms with Crippen LogP contribution < -0.4 is 4.90 Å².